The normalized spacial score (nSPS) is 10.5. The molecule has 0 aliphatic heterocycles. The highest BCUT2D eigenvalue weighted by Gasteiger charge is 2.04. The number of thiazole rings is 1. The van der Waals surface area contributed by atoms with E-state index in [1.165, 1.54) is 0 Å². The van der Waals surface area contributed by atoms with E-state index in [2.05, 4.69) is 22.6 Å². The number of hydrogen-bond acceptors (Lipinski definition) is 4. The summed E-state index contributed by atoms with van der Waals surface area (Å²) >= 11 is 1.69. The van der Waals surface area contributed by atoms with Crippen LogP contribution in [0, 0.1) is 0 Å². The molecule has 0 spiro atoms. The Hall–Kier alpha value is -1.39. The van der Waals surface area contributed by atoms with Crippen LogP contribution < -0.4 is 10.1 Å². The van der Waals surface area contributed by atoms with Crippen LogP contribution in [0.3, 0.4) is 0 Å². The molecule has 1 aromatic heterocycles. The summed E-state index contributed by atoms with van der Waals surface area (Å²) in [4.78, 5) is 4.59. The van der Waals surface area contributed by atoms with Gasteiger partial charge in [-0.15, -0.1) is 11.3 Å². The van der Waals surface area contributed by atoms with Crippen LogP contribution in [0.1, 0.15) is 11.9 Å². The third kappa shape index (κ3) is 3.05. The van der Waals surface area contributed by atoms with Gasteiger partial charge in [0.05, 0.1) is 12.8 Å². The van der Waals surface area contributed by atoms with Crippen molar-refractivity contribution < 1.29 is 4.74 Å². The van der Waals surface area contributed by atoms with Crippen molar-refractivity contribution in [3.05, 3.63) is 34.7 Å². The van der Waals surface area contributed by atoms with Crippen molar-refractivity contribution in [1.82, 2.24) is 10.3 Å². The lowest BCUT2D eigenvalue weighted by molar-refractivity contribution is 0.415. The van der Waals surface area contributed by atoms with Gasteiger partial charge in [-0.2, -0.15) is 0 Å². The van der Waals surface area contributed by atoms with Crippen LogP contribution in [0.2, 0.25) is 0 Å². The molecule has 0 unspecified atom stereocenters. The van der Waals surface area contributed by atoms with Crippen LogP contribution in [-0.2, 0) is 6.54 Å². The standard InChI is InChI=1S/C13H16N2OS/c1-3-14-8-13-15-12(9-17-13)10-4-6-11(16-2)7-5-10/h4-7,9,14H,3,8H2,1-2H3. The van der Waals surface area contributed by atoms with E-state index in [9.17, 15) is 0 Å². The van der Waals surface area contributed by atoms with E-state index < -0.39 is 0 Å². The summed E-state index contributed by atoms with van der Waals surface area (Å²) in [6.07, 6.45) is 0. The van der Waals surface area contributed by atoms with Crippen molar-refractivity contribution >= 4 is 11.3 Å². The molecule has 4 heteroatoms. The zero-order valence-corrected chi connectivity index (χ0v) is 10.9. The minimum atomic E-state index is 0.845. The summed E-state index contributed by atoms with van der Waals surface area (Å²) in [7, 11) is 1.67. The van der Waals surface area contributed by atoms with E-state index in [4.69, 9.17) is 4.74 Å². The average molecular weight is 248 g/mol. The summed E-state index contributed by atoms with van der Waals surface area (Å²) in [6.45, 7) is 3.91. The largest absolute Gasteiger partial charge is 0.497 e. The van der Waals surface area contributed by atoms with Gasteiger partial charge in [-0.1, -0.05) is 6.92 Å². The monoisotopic (exact) mass is 248 g/mol. The van der Waals surface area contributed by atoms with Crippen LogP contribution in [0.25, 0.3) is 11.3 Å². The molecule has 3 nitrogen and oxygen atoms in total. The molecule has 0 saturated carbocycles. The predicted octanol–water partition coefficient (Wildman–Crippen LogP) is 2.93. The number of ether oxygens (including phenoxy) is 1. The number of aromatic nitrogens is 1. The van der Waals surface area contributed by atoms with Crippen LogP contribution in [0.4, 0.5) is 0 Å². The van der Waals surface area contributed by atoms with Gasteiger partial charge in [0, 0.05) is 17.5 Å². The molecule has 0 bridgehead atoms. The van der Waals surface area contributed by atoms with Crippen molar-refractivity contribution in [2.45, 2.75) is 13.5 Å². The molecule has 17 heavy (non-hydrogen) atoms. The number of methoxy groups -OCH3 is 1. The minimum Gasteiger partial charge on any atom is -0.497 e. The smallest absolute Gasteiger partial charge is 0.118 e. The van der Waals surface area contributed by atoms with E-state index >= 15 is 0 Å². The molecule has 1 N–H and O–H groups in total. The number of hydrogen-bond donors (Lipinski definition) is 1. The third-order valence-electron chi connectivity index (χ3n) is 2.46. The van der Waals surface area contributed by atoms with Crippen molar-refractivity contribution in [2.75, 3.05) is 13.7 Å². The van der Waals surface area contributed by atoms with Crippen molar-refractivity contribution in [3.8, 4) is 17.0 Å². The second-order valence-corrected chi connectivity index (χ2v) is 4.58. The zero-order chi connectivity index (χ0) is 12.1. The maximum Gasteiger partial charge on any atom is 0.118 e. The highest BCUT2D eigenvalue weighted by Crippen LogP contribution is 2.23. The molecule has 0 radical (unpaired) electrons. The molecule has 0 fully saturated rings. The van der Waals surface area contributed by atoms with Crippen LogP contribution in [-0.4, -0.2) is 18.6 Å². The predicted molar refractivity (Wildman–Crippen MR) is 71.5 cm³/mol. The lowest BCUT2D eigenvalue weighted by Crippen LogP contribution is -2.11. The first-order valence-electron chi connectivity index (χ1n) is 5.63. The van der Waals surface area contributed by atoms with Gasteiger partial charge < -0.3 is 10.1 Å². The second kappa shape index (κ2) is 5.80. The first-order valence-corrected chi connectivity index (χ1v) is 6.51. The fourth-order valence-corrected chi connectivity index (χ4v) is 2.29. The second-order valence-electron chi connectivity index (χ2n) is 3.64. The summed E-state index contributed by atoms with van der Waals surface area (Å²) in [5.74, 6) is 0.872. The van der Waals surface area contributed by atoms with E-state index in [1.54, 1.807) is 18.4 Å². The summed E-state index contributed by atoms with van der Waals surface area (Å²) in [6, 6.07) is 7.98. The lowest BCUT2D eigenvalue weighted by atomic mass is 10.2. The van der Waals surface area contributed by atoms with Gasteiger partial charge in [-0.25, -0.2) is 4.98 Å². The maximum atomic E-state index is 5.14. The fraction of sp³-hybridized carbons (Fsp3) is 0.308. The summed E-state index contributed by atoms with van der Waals surface area (Å²) in [5.41, 5.74) is 2.16. The molecule has 1 heterocycles. The highest BCUT2D eigenvalue weighted by atomic mass is 32.1. The van der Waals surface area contributed by atoms with Crippen LogP contribution >= 0.6 is 11.3 Å². The van der Waals surface area contributed by atoms with Crippen molar-refractivity contribution in [1.29, 1.82) is 0 Å². The van der Waals surface area contributed by atoms with Gasteiger partial charge in [-0.05, 0) is 30.8 Å². The topological polar surface area (TPSA) is 34.2 Å². The van der Waals surface area contributed by atoms with Crippen molar-refractivity contribution in [3.63, 3.8) is 0 Å². The Morgan fingerprint density at radius 2 is 2.06 bits per heavy atom. The highest BCUT2D eigenvalue weighted by molar-refractivity contribution is 7.09. The molecular formula is C13H16N2OS. The Morgan fingerprint density at radius 3 is 2.71 bits per heavy atom. The SMILES string of the molecule is CCNCc1nc(-c2ccc(OC)cc2)cs1. The molecular weight excluding hydrogens is 232 g/mol. The third-order valence-corrected chi connectivity index (χ3v) is 3.31. The zero-order valence-electron chi connectivity index (χ0n) is 10.1. The van der Waals surface area contributed by atoms with E-state index in [0.29, 0.717) is 0 Å². The van der Waals surface area contributed by atoms with Gasteiger partial charge in [0.25, 0.3) is 0 Å². The Labute approximate surface area is 105 Å². The number of rotatable bonds is 5. The molecule has 90 valence electrons. The molecule has 2 rings (SSSR count). The van der Waals surface area contributed by atoms with Crippen LogP contribution in [0.15, 0.2) is 29.6 Å². The first kappa shape index (κ1) is 12.1. The molecule has 0 atom stereocenters. The average Bonchev–Trinajstić information content (AvgIpc) is 2.85. The Kier molecular flexibility index (Phi) is 4.12. The van der Waals surface area contributed by atoms with Crippen molar-refractivity contribution in [2.24, 2.45) is 0 Å². The molecule has 0 amide bonds. The van der Waals surface area contributed by atoms with E-state index in [0.717, 1.165) is 35.1 Å². The first-order chi connectivity index (χ1) is 8.33. The van der Waals surface area contributed by atoms with E-state index in [-0.39, 0.29) is 0 Å². The quantitative estimate of drug-likeness (QED) is 0.883. The molecule has 0 aliphatic rings. The van der Waals surface area contributed by atoms with E-state index in [1.807, 2.05) is 24.3 Å². The Bertz CT molecular complexity index is 465. The molecule has 1 aromatic carbocycles. The number of benzene rings is 1. The maximum absolute atomic E-state index is 5.14. The number of nitrogens with zero attached hydrogens (tertiary/aromatic N) is 1. The van der Waals surface area contributed by atoms with Gasteiger partial charge in [0.1, 0.15) is 10.8 Å². The van der Waals surface area contributed by atoms with Gasteiger partial charge in [-0.3, -0.25) is 0 Å². The van der Waals surface area contributed by atoms with Gasteiger partial charge >= 0.3 is 0 Å². The lowest BCUT2D eigenvalue weighted by Gasteiger charge is -2.00. The Morgan fingerprint density at radius 1 is 1.29 bits per heavy atom. The van der Waals surface area contributed by atoms with Gasteiger partial charge in [0.2, 0.25) is 0 Å². The molecule has 2 aromatic rings. The minimum absolute atomic E-state index is 0.845. The molecule has 0 saturated heterocycles. The van der Waals surface area contributed by atoms with Crippen LogP contribution in [0.5, 0.6) is 5.75 Å². The summed E-state index contributed by atoms with van der Waals surface area (Å²) < 4.78 is 5.14. The molecule has 0 aliphatic carbocycles. The van der Waals surface area contributed by atoms with Gasteiger partial charge in [0.15, 0.2) is 0 Å². The number of nitrogens with one attached hydrogen (secondary N) is 1. The Balaban J connectivity index is 2.12. The summed E-state index contributed by atoms with van der Waals surface area (Å²) in [5, 5.41) is 6.49. The fourth-order valence-electron chi connectivity index (χ4n) is 1.52.